The summed E-state index contributed by atoms with van der Waals surface area (Å²) < 4.78 is 0. The maximum atomic E-state index is 12.3. The molecule has 2 amide bonds. The molecule has 1 fully saturated rings. The van der Waals surface area contributed by atoms with Crippen LogP contribution < -0.4 is 16.0 Å². The zero-order chi connectivity index (χ0) is 26.6. The topological polar surface area (TPSA) is 109 Å². The molecule has 8 heteroatoms. The molecule has 2 heterocycles. The van der Waals surface area contributed by atoms with Crippen molar-refractivity contribution in [1.82, 2.24) is 25.6 Å². The van der Waals surface area contributed by atoms with Crippen LogP contribution in [0.15, 0.2) is 67.1 Å². The van der Waals surface area contributed by atoms with Gasteiger partial charge in [0, 0.05) is 48.4 Å². The first-order valence-electron chi connectivity index (χ1n) is 13.0. The molecule has 8 nitrogen and oxygen atoms in total. The van der Waals surface area contributed by atoms with Crippen molar-refractivity contribution in [2.24, 2.45) is 5.92 Å². The second kappa shape index (κ2) is 11.0. The standard InChI is InChI=1S/C30H32N6O2/c1-18(19(2)23-5-4-6-24-25(30(38)31-3)13-14-32-28(23)24)16-33-27-15-26(34-17-35-27)20-7-9-21(10-8-20)29(37)36-22-11-12-22/h4-10,13-15,17-19,22H,11-12,16H2,1-3H3,(H,31,38)(H,36,37)(H,33,34,35). The van der Waals surface area contributed by atoms with Crippen molar-refractivity contribution in [2.75, 3.05) is 18.9 Å². The number of hydrogen-bond donors (Lipinski definition) is 3. The highest BCUT2D eigenvalue weighted by atomic mass is 16.2. The van der Waals surface area contributed by atoms with Crippen LogP contribution in [0.2, 0.25) is 0 Å². The monoisotopic (exact) mass is 508 g/mol. The first-order chi connectivity index (χ1) is 18.4. The molecule has 0 spiro atoms. The van der Waals surface area contributed by atoms with Crippen molar-refractivity contribution < 1.29 is 9.59 Å². The molecule has 0 radical (unpaired) electrons. The molecule has 1 saturated carbocycles. The quantitative estimate of drug-likeness (QED) is 0.300. The lowest BCUT2D eigenvalue weighted by atomic mass is 9.87. The molecule has 2 aromatic heterocycles. The first-order valence-corrected chi connectivity index (χ1v) is 13.0. The van der Waals surface area contributed by atoms with Crippen molar-refractivity contribution in [1.29, 1.82) is 0 Å². The number of pyridine rings is 1. The lowest BCUT2D eigenvalue weighted by molar-refractivity contribution is 0.0947. The summed E-state index contributed by atoms with van der Waals surface area (Å²) in [6, 6.07) is 17.5. The predicted octanol–water partition coefficient (Wildman–Crippen LogP) is 4.80. The van der Waals surface area contributed by atoms with E-state index in [0.29, 0.717) is 23.7 Å². The van der Waals surface area contributed by atoms with Crippen LogP contribution in [0.4, 0.5) is 5.82 Å². The van der Waals surface area contributed by atoms with E-state index < -0.39 is 0 Å². The van der Waals surface area contributed by atoms with Gasteiger partial charge in [-0.1, -0.05) is 44.2 Å². The molecule has 194 valence electrons. The van der Waals surface area contributed by atoms with E-state index in [2.05, 4.69) is 50.8 Å². The molecule has 2 atom stereocenters. The fourth-order valence-corrected chi connectivity index (χ4v) is 4.55. The van der Waals surface area contributed by atoms with Gasteiger partial charge in [0.15, 0.2) is 0 Å². The minimum absolute atomic E-state index is 0.0292. The average Bonchev–Trinajstić information content (AvgIpc) is 3.78. The van der Waals surface area contributed by atoms with Crippen LogP contribution in [0.5, 0.6) is 0 Å². The van der Waals surface area contributed by atoms with Gasteiger partial charge in [0.25, 0.3) is 11.8 Å². The van der Waals surface area contributed by atoms with Crippen molar-refractivity contribution >= 4 is 28.5 Å². The summed E-state index contributed by atoms with van der Waals surface area (Å²) in [5, 5.41) is 10.0. The van der Waals surface area contributed by atoms with Crippen LogP contribution in [0, 0.1) is 5.92 Å². The van der Waals surface area contributed by atoms with Crippen LogP contribution >= 0.6 is 0 Å². The molecule has 1 aliphatic rings. The fourth-order valence-electron chi connectivity index (χ4n) is 4.55. The van der Waals surface area contributed by atoms with Crippen molar-refractivity contribution in [2.45, 2.75) is 38.6 Å². The van der Waals surface area contributed by atoms with E-state index in [4.69, 9.17) is 0 Å². The second-order valence-corrected chi connectivity index (χ2v) is 9.94. The highest BCUT2D eigenvalue weighted by Gasteiger charge is 2.24. The molecule has 2 unspecified atom stereocenters. The van der Waals surface area contributed by atoms with Crippen molar-refractivity contribution in [3.63, 3.8) is 0 Å². The van der Waals surface area contributed by atoms with E-state index in [-0.39, 0.29) is 23.7 Å². The van der Waals surface area contributed by atoms with Gasteiger partial charge in [-0.15, -0.1) is 0 Å². The Balaban J connectivity index is 1.27. The largest absolute Gasteiger partial charge is 0.370 e. The number of nitrogens with zero attached hydrogens (tertiary/aromatic N) is 3. The highest BCUT2D eigenvalue weighted by molar-refractivity contribution is 6.06. The van der Waals surface area contributed by atoms with E-state index >= 15 is 0 Å². The maximum absolute atomic E-state index is 12.3. The third-order valence-electron chi connectivity index (χ3n) is 7.25. The molecular formula is C30H32N6O2. The Morgan fingerprint density at radius 1 is 0.974 bits per heavy atom. The number of anilines is 1. The summed E-state index contributed by atoms with van der Waals surface area (Å²) in [4.78, 5) is 38.0. The Kier molecular flexibility index (Phi) is 7.31. The minimum atomic E-state index is -0.118. The van der Waals surface area contributed by atoms with Gasteiger partial charge in [0.2, 0.25) is 0 Å². The van der Waals surface area contributed by atoms with Crippen LogP contribution in [-0.2, 0) is 0 Å². The summed E-state index contributed by atoms with van der Waals surface area (Å²) in [6.45, 7) is 5.07. The van der Waals surface area contributed by atoms with Crippen LogP contribution in [0.25, 0.3) is 22.2 Å². The lowest BCUT2D eigenvalue weighted by Crippen LogP contribution is -2.25. The number of para-hydroxylation sites is 1. The maximum Gasteiger partial charge on any atom is 0.251 e. The Labute approximate surface area is 222 Å². The molecule has 38 heavy (non-hydrogen) atoms. The van der Waals surface area contributed by atoms with Crippen LogP contribution in [0.3, 0.4) is 0 Å². The summed E-state index contributed by atoms with van der Waals surface area (Å²) in [5.74, 6) is 1.04. The number of aromatic nitrogens is 3. The normalized spacial score (nSPS) is 14.5. The molecule has 1 aliphatic carbocycles. The number of nitrogens with one attached hydrogen (secondary N) is 3. The van der Waals surface area contributed by atoms with Gasteiger partial charge >= 0.3 is 0 Å². The molecule has 3 N–H and O–H groups in total. The van der Waals surface area contributed by atoms with Gasteiger partial charge in [-0.2, -0.15) is 0 Å². The Bertz CT molecular complexity index is 1470. The second-order valence-electron chi connectivity index (χ2n) is 9.94. The SMILES string of the molecule is CNC(=O)c1ccnc2c(C(C)C(C)CNc3cc(-c4ccc(C(=O)NC5CC5)cc4)ncn3)cccc12. The average molecular weight is 509 g/mol. The van der Waals surface area contributed by atoms with Gasteiger partial charge in [0.1, 0.15) is 12.1 Å². The highest BCUT2D eigenvalue weighted by Crippen LogP contribution is 2.31. The number of rotatable bonds is 9. The summed E-state index contributed by atoms with van der Waals surface area (Å²) >= 11 is 0. The third kappa shape index (κ3) is 5.49. The Morgan fingerprint density at radius 3 is 2.50 bits per heavy atom. The summed E-state index contributed by atoms with van der Waals surface area (Å²) in [5.41, 5.74) is 4.96. The Hall–Kier alpha value is -4.33. The smallest absolute Gasteiger partial charge is 0.251 e. The number of fused-ring (bicyclic) bond motifs is 1. The third-order valence-corrected chi connectivity index (χ3v) is 7.25. The van der Waals surface area contributed by atoms with E-state index in [0.717, 1.165) is 46.4 Å². The number of amides is 2. The predicted molar refractivity (Wildman–Crippen MR) is 149 cm³/mol. The number of benzene rings is 2. The molecule has 0 saturated heterocycles. The summed E-state index contributed by atoms with van der Waals surface area (Å²) in [7, 11) is 1.64. The van der Waals surface area contributed by atoms with Gasteiger partial charge in [-0.3, -0.25) is 14.6 Å². The Morgan fingerprint density at radius 2 is 1.76 bits per heavy atom. The lowest BCUT2D eigenvalue weighted by Gasteiger charge is -2.22. The van der Waals surface area contributed by atoms with Crippen molar-refractivity contribution in [3.05, 3.63) is 83.8 Å². The summed E-state index contributed by atoms with van der Waals surface area (Å²) in [6.07, 6.45) is 5.37. The van der Waals surface area contributed by atoms with Gasteiger partial charge in [0.05, 0.1) is 16.8 Å². The van der Waals surface area contributed by atoms with Gasteiger partial charge in [-0.25, -0.2) is 9.97 Å². The molecule has 0 aliphatic heterocycles. The van der Waals surface area contributed by atoms with Crippen LogP contribution in [-0.4, -0.2) is 46.4 Å². The zero-order valence-corrected chi connectivity index (χ0v) is 21.9. The first kappa shape index (κ1) is 25.3. The van der Waals surface area contributed by atoms with E-state index in [1.54, 1.807) is 25.6 Å². The molecule has 4 aromatic rings. The number of carbonyl (C=O) groups is 2. The molecule has 0 bridgehead atoms. The van der Waals surface area contributed by atoms with E-state index in [1.807, 2.05) is 42.5 Å². The van der Waals surface area contributed by atoms with Crippen LogP contribution in [0.1, 0.15) is 58.9 Å². The van der Waals surface area contributed by atoms with E-state index in [9.17, 15) is 9.59 Å². The molecular weight excluding hydrogens is 476 g/mol. The number of carbonyl (C=O) groups excluding carboxylic acids is 2. The fraction of sp³-hybridized carbons (Fsp3) is 0.300. The zero-order valence-electron chi connectivity index (χ0n) is 21.9. The van der Waals surface area contributed by atoms with Gasteiger partial charge < -0.3 is 16.0 Å². The van der Waals surface area contributed by atoms with E-state index in [1.165, 1.54) is 0 Å². The molecule has 5 rings (SSSR count). The number of hydrogen-bond acceptors (Lipinski definition) is 6. The van der Waals surface area contributed by atoms with Crippen molar-refractivity contribution in [3.8, 4) is 11.3 Å². The minimum Gasteiger partial charge on any atom is -0.370 e. The molecule has 2 aromatic carbocycles. The van der Waals surface area contributed by atoms with Gasteiger partial charge in [-0.05, 0) is 48.4 Å².